The molecular weight excluding hydrogens is 318 g/mol. The van der Waals surface area contributed by atoms with Crippen molar-refractivity contribution in [3.05, 3.63) is 65.2 Å². The smallest absolute Gasteiger partial charge is 0.323 e. The molecule has 0 spiro atoms. The van der Waals surface area contributed by atoms with E-state index in [1.54, 1.807) is 7.11 Å². The summed E-state index contributed by atoms with van der Waals surface area (Å²) in [5.41, 5.74) is 2.86. The normalized spacial score (nSPS) is 10.3. The maximum absolute atomic E-state index is 12.7. The van der Waals surface area contributed by atoms with Crippen LogP contribution in [0, 0.1) is 6.92 Å². The van der Waals surface area contributed by atoms with Crippen LogP contribution in [0.15, 0.2) is 48.5 Å². The van der Waals surface area contributed by atoms with Crippen LogP contribution in [0.1, 0.15) is 16.7 Å². The van der Waals surface area contributed by atoms with Crippen molar-refractivity contribution in [1.29, 1.82) is 0 Å². The number of carboxylic acid groups (broad SMARTS) is 1. The van der Waals surface area contributed by atoms with Gasteiger partial charge in [0.25, 0.3) is 0 Å². The average molecular weight is 341 g/mol. The highest BCUT2D eigenvalue weighted by Crippen LogP contribution is 2.21. The fourth-order valence-electron chi connectivity index (χ4n) is 2.68. The predicted octanol–water partition coefficient (Wildman–Crippen LogP) is 2.70. The molecule has 0 heterocycles. The SMILES string of the molecule is COc1ccc(C)cc1CC(=O)N(CCc1ccccc1)CC(=O)O. The molecule has 0 fully saturated rings. The van der Waals surface area contributed by atoms with Gasteiger partial charge < -0.3 is 14.7 Å². The third-order valence-corrected chi connectivity index (χ3v) is 3.97. The number of carbonyl (C=O) groups is 2. The number of methoxy groups -OCH3 is 1. The van der Waals surface area contributed by atoms with Crippen molar-refractivity contribution in [2.75, 3.05) is 20.2 Å². The number of carbonyl (C=O) groups excluding carboxylic acids is 1. The van der Waals surface area contributed by atoms with Crippen LogP contribution in [-0.4, -0.2) is 42.1 Å². The zero-order valence-electron chi connectivity index (χ0n) is 14.6. The number of benzene rings is 2. The summed E-state index contributed by atoms with van der Waals surface area (Å²) in [6, 6.07) is 15.3. The van der Waals surface area contributed by atoms with Gasteiger partial charge in [0.05, 0.1) is 13.5 Å². The molecule has 0 bridgehead atoms. The third kappa shape index (κ3) is 5.64. The Morgan fingerprint density at radius 1 is 1.12 bits per heavy atom. The molecule has 25 heavy (non-hydrogen) atoms. The summed E-state index contributed by atoms with van der Waals surface area (Å²) in [5, 5.41) is 9.12. The lowest BCUT2D eigenvalue weighted by atomic mass is 10.1. The summed E-state index contributed by atoms with van der Waals surface area (Å²) < 4.78 is 5.30. The van der Waals surface area contributed by atoms with Crippen LogP contribution in [0.2, 0.25) is 0 Å². The van der Waals surface area contributed by atoms with E-state index in [0.717, 1.165) is 16.7 Å². The molecule has 0 saturated carbocycles. The first-order valence-electron chi connectivity index (χ1n) is 8.16. The summed E-state index contributed by atoms with van der Waals surface area (Å²) in [6.45, 7) is 2.00. The Balaban J connectivity index is 2.10. The summed E-state index contributed by atoms with van der Waals surface area (Å²) >= 11 is 0. The number of ether oxygens (including phenoxy) is 1. The molecule has 0 unspecified atom stereocenters. The van der Waals surface area contributed by atoms with Crippen molar-refractivity contribution in [3.8, 4) is 5.75 Å². The van der Waals surface area contributed by atoms with Crippen LogP contribution in [0.25, 0.3) is 0 Å². The molecule has 0 radical (unpaired) electrons. The number of hydrogen-bond acceptors (Lipinski definition) is 3. The van der Waals surface area contributed by atoms with Crippen LogP contribution in [-0.2, 0) is 22.4 Å². The van der Waals surface area contributed by atoms with Crippen molar-refractivity contribution in [1.82, 2.24) is 4.90 Å². The van der Waals surface area contributed by atoms with E-state index < -0.39 is 5.97 Å². The van der Waals surface area contributed by atoms with E-state index >= 15 is 0 Å². The van der Waals surface area contributed by atoms with Gasteiger partial charge in [-0.15, -0.1) is 0 Å². The molecule has 0 atom stereocenters. The highest BCUT2D eigenvalue weighted by Gasteiger charge is 2.19. The van der Waals surface area contributed by atoms with E-state index in [1.807, 2.05) is 55.5 Å². The van der Waals surface area contributed by atoms with Crippen LogP contribution < -0.4 is 4.74 Å². The number of hydrogen-bond donors (Lipinski definition) is 1. The van der Waals surface area contributed by atoms with Gasteiger partial charge in [-0.1, -0.05) is 48.0 Å². The minimum atomic E-state index is -1.02. The number of rotatable bonds is 8. The van der Waals surface area contributed by atoms with E-state index in [9.17, 15) is 9.59 Å². The predicted molar refractivity (Wildman–Crippen MR) is 95.8 cm³/mol. The van der Waals surface area contributed by atoms with E-state index in [-0.39, 0.29) is 18.9 Å². The summed E-state index contributed by atoms with van der Waals surface area (Å²) in [7, 11) is 1.56. The highest BCUT2D eigenvalue weighted by atomic mass is 16.5. The molecule has 132 valence electrons. The van der Waals surface area contributed by atoms with Crippen molar-refractivity contribution >= 4 is 11.9 Å². The van der Waals surface area contributed by atoms with E-state index in [1.165, 1.54) is 4.90 Å². The van der Waals surface area contributed by atoms with E-state index in [4.69, 9.17) is 9.84 Å². The van der Waals surface area contributed by atoms with Gasteiger partial charge in [-0.3, -0.25) is 9.59 Å². The number of nitrogens with zero attached hydrogens (tertiary/aromatic N) is 1. The second kappa shape index (κ2) is 8.87. The largest absolute Gasteiger partial charge is 0.496 e. The van der Waals surface area contributed by atoms with Crippen LogP contribution >= 0.6 is 0 Å². The Morgan fingerprint density at radius 3 is 2.48 bits per heavy atom. The molecule has 5 nitrogen and oxygen atoms in total. The second-order valence-electron chi connectivity index (χ2n) is 5.94. The molecule has 2 aromatic carbocycles. The van der Waals surface area contributed by atoms with Gasteiger partial charge in [-0.25, -0.2) is 0 Å². The van der Waals surface area contributed by atoms with Crippen LogP contribution in [0.4, 0.5) is 0 Å². The first kappa shape index (κ1) is 18.5. The lowest BCUT2D eigenvalue weighted by Crippen LogP contribution is -2.38. The van der Waals surface area contributed by atoms with Crippen LogP contribution in [0.5, 0.6) is 5.75 Å². The molecular formula is C20H23NO4. The van der Waals surface area contributed by atoms with Gasteiger partial charge in [0.2, 0.25) is 5.91 Å². The highest BCUT2D eigenvalue weighted by molar-refractivity contribution is 5.83. The van der Waals surface area contributed by atoms with Crippen LogP contribution in [0.3, 0.4) is 0 Å². The monoisotopic (exact) mass is 341 g/mol. The van der Waals surface area contributed by atoms with Crippen molar-refractivity contribution in [2.24, 2.45) is 0 Å². The summed E-state index contributed by atoms with van der Waals surface area (Å²) in [6.07, 6.45) is 0.734. The molecule has 0 aliphatic rings. The quantitative estimate of drug-likeness (QED) is 0.802. The standard InChI is InChI=1S/C20H23NO4/c1-15-8-9-18(25-2)17(12-15)13-19(22)21(14-20(23)24)11-10-16-6-4-3-5-7-16/h3-9,12H,10-11,13-14H2,1-2H3,(H,23,24). The molecule has 1 amide bonds. The van der Waals surface area contributed by atoms with Gasteiger partial charge in [-0.05, 0) is 25.0 Å². The maximum Gasteiger partial charge on any atom is 0.323 e. The molecule has 0 aromatic heterocycles. The molecule has 2 aromatic rings. The van der Waals surface area contributed by atoms with Crippen molar-refractivity contribution in [3.63, 3.8) is 0 Å². The number of aryl methyl sites for hydroxylation is 1. The number of aliphatic carboxylic acids is 1. The fourth-order valence-corrected chi connectivity index (χ4v) is 2.68. The molecule has 2 rings (SSSR count). The number of carboxylic acids is 1. The first-order valence-corrected chi connectivity index (χ1v) is 8.16. The topological polar surface area (TPSA) is 66.8 Å². The molecule has 0 saturated heterocycles. The number of amides is 1. The second-order valence-corrected chi connectivity index (χ2v) is 5.94. The van der Waals surface area contributed by atoms with E-state index in [0.29, 0.717) is 18.7 Å². The Morgan fingerprint density at radius 2 is 1.84 bits per heavy atom. The third-order valence-electron chi connectivity index (χ3n) is 3.97. The summed E-state index contributed by atoms with van der Waals surface area (Å²) in [5.74, 6) is -0.600. The Bertz CT molecular complexity index is 728. The van der Waals surface area contributed by atoms with Crippen molar-refractivity contribution in [2.45, 2.75) is 19.8 Å². The Hall–Kier alpha value is -2.82. The van der Waals surface area contributed by atoms with E-state index in [2.05, 4.69) is 0 Å². The van der Waals surface area contributed by atoms with Crippen molar-refractivity contribution < 1.29 is 19.4 Å². The average Bonchev–Trinajstić information content (AvgIpc) is 2.59. The Kier molecular flexibility index (Phi) is 6.57. The molecule has 0 aliphatic carbocycles. The lowest BCUT2D eigenvalue weighted by Gasteiger charge is -2.21. The van der Waals surface area contributed by atoms with Gasteiger partial charge in [-0.2, -0.15) is 0 Å². The van der Waals surface area contributed by atoms with Gasteiger partial charge in [0.1, 0.15) is 12.3 Å². The zero-order chi connectivity index (χ0) is 18.2. The zero-order valence-corrected chi connectivity index (χ0v) is 14.6. The minimum Gasteiger partial charge on any atom is -0.496 e. The Labute approximate surface area is 147 Å². The van der Waals surface area contributed by atoms with Gasteiger partial charge in [0.15, 0.2) is 0 Å². The lowest BCUT2D eigenvalue weighted by molar-refractivity contribution is -0.144. The first-order chi connectivity index (χ1) is 12.0. The summed E-state index contributed by atoms with van der Waals surface area (Å²) in [4.78, 5) is 25.2. The maximum atomic E-state index is 12.7. The van der Waals surface area contributed by atoms with Gasteiger partial charge >= 0.3 is 5.97 Å². The molecule has 1 N–H and O–H groups in total. The van der Waals surface area contributed by atoms with Gasteiger partial charge in [0, 0.05) is 12.1 Å². The fraction of sp³-hybridized carbons (Fsp3) is 0.300. The molecule has 0 aliphatic heterocycles. The minimum absolute atomic E-state index is 0.118. The molecule has 5 heteroatoms.